The van der Waals surface area contributed by atoms with Gasteiger partial charge in [-0.05, 0) is 48.9 Å². The number of primary amides is 1. The van der Waals surface area contributed by atoms with Crippen molar-refractivity contribution in [1.29, 1.82) is 0 Å². The predicted molar refractivity (Wildman–Crippen MR) is 257 cm³/mol. The number of carbonyl (C=O) groups is 9. The molecular formula is C47H61N13O10. The molecule has 0 saturated heterocycles. The van der Waals surface area contributed by atoms with Crippen LogP contribution < -0.4 is 60.3 Å². The number of benzene rings is 3. The van der Waals surface area contributed by atoms with Crippen molar-refractivity contribution in [1.82, 2.24) is 42.4 Å². The van der Waals surface area contributed by atoms with Crippen molar-refractivity contribution >= 4 is 70.1 Å². The van der Waals surface area contributed by atoms with Gasteiger partial charge in [0.2, 0.25) is 41.4 Å². The SMILES string of the molecule is CC(=O)ONC(=O)CNC(=O)[C@H](Cc1c[nH]c2ccccc12)NC(=O)[C@H](CCCN=C(N)N)NC(=O)[C@H](Cc1ccccc1)NC(=O)[C@H](Cc1ccccc1)NC(=O)[C@H](CCC(N)=O)NC(=O)[C@@H](C)N. The van der Waals surface area contributed by atoms with E-state index in [-0.39, 0.29) is 57.5 Å². The first-order valence-corrected chi connectivity index (χ1v) is 22.4. The number of H-pyrrole nitrogens is 1. The molecule has 0 bridgehead atoms. The number of hydrogen-bond acceptors (Lipinski definition) is 12. The number of para-hydroxylation sites is 1. The first kappa shape index (κ1) is 54.3. The quantitative estimate of drug-likeness (QED) is 0.0140. The predicted octanol–water partition coefficient (Wildman–Crippen LogP) is -2.00. The number of amides is 8. The van der Waals surface area contributed by atoms with E-state index in [1.807, 2.05) is 23.7 Å². The molecule has 0 unspecified atom stereocenters. The van der Waals surface area contributed by atoms with Gasteiger partial charge in [-0.25, -0.2) is 0 Å². The van der Waals surface area contributed by atoms with Crippen LogP contribution in [0, 0.1) is 0 Å². The third kappa shape index (κ3) is 18.4. The number of carbonyl (C=O) groups excluding carboxylic acids is 9. The lowest BCUT2D eigenvalue weighted by atomic mass is 10.0. The number of guanidine groups is 1. The maximum Gasteiger partial charge on any atom is 0.329 e. The third-order valence-electron chi connectivity index (χ3n) is 10.6. The van der Waals surface area contributed by atoms with Crippen LogP contribution in [-0.2, 0) is 67.3 Å². The van der Waals surface area contributed by atoms with E-state index in [1.54, 1.807) is 72.9 Å². The molecule has 0 saturated carbocycles. The molecule has 4 rings (SSSR count). The van der Waals surface area contributed by atoms with Crippen molar-refractivity contribution in [2.75, 3.05) is 13.1 Å². The van der Waals surface area contributed by atoms with Crippen LogP contribution in [0.25, 0.3) is 10.9 Å². The van der Waals surface area contributed by atoms with Gasteiger partial charge in [0.25, 0.3) is 5.91 Å². The molecule has 0 aliphatic rings. The van der Waals surface area contributed by atoms with Crippen molar-refractivity contribution in [2.24, 2.45) is 27.9 Å². The average Bonchev–Trinajstić information content (AvgIpc) is 3.74. The summed E-state index contributed by atoms with van der Waals surface area (Å²) in [4.78, 5) is 131. The molecule has 1 heterocycles. The Bertz CT molecular complexity index is 2480. The summed E-state index contributed by atoms with van der Waals surface area (Å²) in [5.41, 5.74) is 26.7. The molecule has 3 aromatic carbocycles. The Morgan fingerprint density at radius 3 is 1.63 bits per heavy atom. The summed E-state index contributed by atoms with van der Waals surface area (Å²) >= 11 is 0. The van der Waals surface area contributed by atoms with E-state index in [1.165, 1.54) is 6.92 Å². The standard InChI is InChI=1S/C47H61N13O10/c1-27(48)41(64)55-35(19-20-39(49)62)44(67)57-37(23-30-14-7-4-8-15-30)46(69)58-36(22-29-12-5-3-6-13-29)45(68)56-34(18-11-21-52-47(50)51)43(66)59-38(42(65)54-26-40(63)60-70-28(2)61)24-31-25-53-33-17-10-9-16-32(31)33/h3-10,12-17,25,27,34-38,53H,11,18-24,26,48H2,1-2H3,(H2,49,62)(H,54,65)(H,55,64)(H,56,68)(H,57,67)(H,58,69)(H,59,66)(H,60,63)(H4,50,51,52)/t27-,34+,35+,36+,37+,38+/m1/s1. The van der Waals surface area contributed by atoms with E-state index in [0.717, 1.165) is 17.8 Å². The molecule has 23 nitrogen and oxygen atoms in total. The molecule has 0 radical (unpaired) electrons. The largest absolute Gasteiger partial charge is 0.370 e. The highest BCUT2D eigenvalue weighted by molar-refractivity contribution is 5.97. The van der Waals surface area contributed by atoms with Gasteiger partial charge in [0.15, 0.2) is 5.96 Å². The van der Waals surface area contributed by atoms with Crippen molar-refractivity contribution in [3.05, 3.63) is 108 Å². The highest BCUT2D eigenvalue weighted by Gasteiger charge is 2.33. The molecule has 23 heteroatoms. The zero-order valence-electron chi connectivity index (χ0n) is 38.8. The first-order valence-electron chi connectivity index (χ1n) is 22.4. The molecule has 8 amide bonds. The van der Waals surface area contributed by atoms with Crippen LogP contribution in [-0.4, -0.2) is 114 Å². The Morgan fingerprint density at radius 2 is 1.10 bits per heavy atom. The molecule has 16 N–H and O–H groups in total. The fourth-order valence-corrected chi connectivity index (χ4v) is 7.02. The summed E-state index contributed by atoms with van der Waals surface area (Å²) in [5.74, 6) is -7.39. The van der Waals surface area contributed by atoms with Crippen molar-refractivity contribution < 1.29 is 48.0 Å². The van der Waals surface area contributed by atoms with E-state index in [2.05, 4.69) is 46.7 Å². The number of hydroxylamine groups is 1. The highest BCUT2D eigenvalue weighted by atomic mass is 16.7. The van der Waals surface area contributed by atoms with E-state index in [4.69, 9.17) is 22.9 Å². The second-order valence-electron chi connectivity index (χ2n) is 16.3. The summed E-state index contributed by atoms with van der Waals surface area (Å²) < 4.78 is 0. The van der Waals surface area contributed by atoms with E-state index >= 15 is 0 Å². The molecule has 0 spiro atoms. The maximum absolute atomic E-state index is 14.6. The normalized spacial score (nSPS) is 13.4. The smallest absolute Gasteiger partial charge is 0.329 e. The summed E-state index contributed by atoms with van der Waals surface area (Å²) in [7, 11) is 0. The summed E-state index contributed by atoms with van der Waals surface area (Å²) in [5, 5.41) is 16.5. The zero-order chi connectivity index (χ0) is 51.2. The Hall–Kier alpha value is -8.34. The summed E-state index contributed by atoms with van der Waals surface area (Å²) in [6.07, 6.45) is 1.00. The Labute approximate surface area is 403 Å². The number of aliphatic imine (C=N–C) groups is 1. The average molecular weight is 968 g/mol. The Kier molecular flexibility index (Phi) is 21.3. The summed E-state index contributed by atoms with van der Waals surface area (Å²) in [6.45, 7) is 1.89. The van der Waals surface area contributed by atoms with Gasteiger partial charge >= 0.3 is 5.97 Å². The van der Waals surface area contributed by atoms with Crippen molar-refractivity contribution in [3.63, 3.8) is 0 Å². The second-order valence-corrected chi connectivity index (χ2v) is 16.3. The Balaban J connectivity index is 1.66. The number of nitrogens with one attached hydrogen (secondary N) is 8. The Morgan fingerprint density at radius 1 is 0.614 bits per heavy atom. The van der Waals surface area contributed by atoms with Gasteiger partial charge in [0.1, 0.15) is 30.2 Å². The molecule has 6 atom stereocenters. The lowest BCUT2D eigenvalue weighted by Crippen LogP contribution is -2.60. The molecule has 374 valence electrons. The minimum absolute atomic E-state index is 0.0504. The lowest BCUT2D eigenvalue weighted by molar-refractivity contribution is -0.155. The van der Waals surface area contributed by atoms with E-state index in [9.17, 15) is 43.2 Å². The van der Waals surface area contributed by atoms with Crippen LogP contribution in [0.15, 0.2) is 96.1 Å². The number of nitrogens with two attached hydrogens (primary N) is 4. The molecule has 0 fully saturated rings. The zero-order valence-corrected chi connectivity index (χ0v) is 38.8. The third-order valence-corrected chi connectivity index (χ3v) is 10.6. The van der Waals surface area contributed by atoms with Gasteiger partial charge in [-0.15, -0.1) is 0 Å². The van der Waals surface area contributed by atoms with Crippen LogP contribution in [0.5, 0.6) is 0 Å². The van der Waals surface area contributed by atoms with E-state index in [0.29, 0.717) is 16.7 Å². The van der Waals surface area contributed by atoms with E-state index < -0.39 is 96.0 Å². The monoisotopic (exact) mass is 967 g/mol. The number of fused-ring (bicyclic) bond motifs is 1. The number of aromatic amines is 1. The van der Waals surface area contributed by atoms with Crippen molar-refractivity contribution in [3.8, 4) is 0 Å². The van der Waals surface area contributed by atoms with Gasteiger partial charge in [0, 0.05) is 56.3 Å². The molecule has 4 aromatic rings. The molecule has 70 heavy (non-hydrogen) atoms. The van der Waals surface area contributed by atoms with Crippen LogP contribution in [0.1, 0.15) is 56.2 Å². The number of rotatable bonds is 26. The highest BCUT2D eigenvalue weighted by Crippen LogP contribution is 2.20. The molecular weight excluding hydrogens is 907 g/mol. The van der Waals surface area contributed by atoms with Gasteiger partial charge in [-0.3, -0.25) is 48.1 Å². The molecule has 0 aliphatic carbocycles. The van der Waals surface area contributed by atoms with Crippen LogP contribution in [0.2, 0.25) is 0 Å². The molecule has 0 aliphatic heterocycles. The van der Waals surface area contributed by atoms with Gasteiger partial charge < -0.3 is 64.7 Å². The van der Waals surface area contributed by atoms with Crippen molar-refractivity contribution in [2.45, 2.75) is 95.0 Å². The van der Waals surface area contributed by atoms with Gasteiger partial charge in [0.05, 0.1) is 12.6 Å². The van der Waals surface area contributed by atoms with Gasteiger partial charge in [-0.2, -0.15) is 5.48 Å². The van der Waals surface area contributed by atoms with Gasteiger partial charge in [-0.1, -0.05) is 78.9 Å². The topological polar surface area (TPSA) is 379 Å². The minimum atomic E-state index is -1.39. The lowest BCUT2D eigenvalue weighted by Gasteiger charge is -2.27. The second kappa shape index (κ2) is 27.5. The minimum Gasteiger partial charge on any atom is -0.370 e. The van der Waals surface area contributed by atoms with Crippen LogP contribution in [0.4, 0.5) is 0 Å². The first-order chi connectivity index (χ1) is 33.4. The number of hydrogen-bond donors (Lipinski definition) is 12. The van der Waals surface area contributed by atoms with Crippen LogP contribution >= 0.6 is 0 Å². The van der Waals surface area contributed by atoms with Crippen LogP contribution in [0.3, 0.4) is 0 Å². The summed E-state index contributed by atoms with van der Waals surface area (Å²) in [6, 6.07) is 16.8. The fourth-order valence-electron chi connectivity index (χ4n) is 7.02. The number of aromatic nitrogens is 1. The maximum atomic E-state index is 14.6. The fraction of sp³-hybridized carbons (Fsp3) is 0.362. The number of nitrogens with zero attached hydrogens (tertiary/aromatic N) is 1. The molecule has 1 aromatic heterocycles.